The van der Waals surface area contributed by atoms with Gasteiger partial charge in [0, 0.05) is 45.0 Å². The number of pyridine rings is 1. The van der Waals surface area contributed by atoms with Gasteiger partial charge in [0.25, 0.3) is 5.91 Å². The Morgan fingerprint density at radius 1 is 1.07 bits per heavy atom. The van der Waals surface area contributed by atoms with Crippen molar-refractivity contribution >= 4 is 17.6 Å². The van der Waals surface area contributed by atoms with Gasteiger partial charge in [-0.1, -0.05) is 0 Å². The fourth-order valence-corrected chi connectivity index (χ4v) is 4.87. The molecule has 1 aromatic heterocycles. The molecule has 0 spiro atoms. The number of hydrogen-bond donors (Lipinski definition) is 1. The molecule has 8 nitrogen and oxygen atoms in total. The number of carbonyl (C=O) groups excluding carboxylic acids is 2. The number of rotatable bonds is 4. The highest BCUT2D eigenvalue weighted by atomic mass is 16.5. The van der Waals surface area contributed by atoms with Gasteiger partial charge in [0.1, 0.15) is 5.82 Å². The second-order valence-corrected chi connectivity index (χ2v) is 8.23. The van der Waals surface area contributed by atoms with Crippen molar-refractivity contribution in [2.75, 3.05) is 57.4 Å². The van der Waals surface area contributed by atoms with E-state index in [-0.39, 0.29) is 5.92 Å². The monoisotopic (exact) mass is 401 g/mol. The number of aromatic nitrogens is 1. The molecule has 4 heterocycles. The van der Waals surface area contributed by atoms with E-state index in [0.717, 1.165) is 65.0 Å². The number of morpholine rings is 1. The van der Waals surface area contributed by atoms with E-state index in [1.807, 2.05) is 4.90 Å². The molecule has 1 atom stereocenters. The molecule has 29 heavy (non-hydrogen) atoms. The Morgan fingerprint density at radius 2 is 1.83 bits per heavy atom. The van der Waals surface area contributed by atoms with Gasteiger partial charge in [0.15, 0.2) is 0 Å². The van der Waals surface area contributed by atoms with Crippen molar-refractivity contribution in [3.8, 4) is 0 Å². The minimum absolute atomic E-state index is 0.108. The van der Waals surface area contributed by atoms with E-state index in [2.05, 4.69) is 14.8 Å². The first kappa shape index (κ1) is 20.1. The zero-order valence-corrected chi connectivity index (χ0v) is 17.0. The van der Waals surface area contributed by atoms with Gasteiger partial charge < -0.3 is 20.3 Å². The lowest BCUT2D eigenvalue weighted by atomic mass is 9.92. The van der Waals surface area contributed by atoms with E-state index in [1.165, 1.54) is 0 Å². The molecule has 2 N–H and O–H groups in total. The predicted octanol–water partition coefficient (Wildman–Crippen LogP) is 0.720. The second-order valence-electron chi connectivity index (χ2n) is 8.23. The third-order valence-electron chi connectivity index (χ3n) is 6.46. The van der Waals surface area contributed by atoms with Crippen molar-refractivity contribution < 1.29 is 14.3 Å². The number of carbonyl (C=O) groups is 2. The maximum Gasteiger partial charge on any atom is 0.252 e. The van der Waals surface area contributed by atoms with Crippen LogP contribution < -0.4 is 10.6 Å². The number of nitrogens with zero attached hydrogens (tertiary/aromatic N) is 4. The fourth-order valence-electron chi connectivity index (χ4n) is 4.87. The Hall–Kier alpha value is -2.19. The average molecular weight is 402 g/mol. The van der Waals surface area contributed by atoms with E-state index < -0.39 is 5.91 Å². The summed E-state index contributed by atoms with van der Waals surface area (Å²) in [4.78, 5) is 35.7. The quantitative estimate of drug-likeness (QED) is 0.799. The molecule has 0 bridgehead atoms. The second kappa shape index (κ2) is 9.09. The number of hydrogen-bond acceptors (Lipinski definition) is 6. The summed E-state index contributed by atoms with van der Waals surface area (Å²) < 4.78 is 5.38. The van der Waals surface area contributed by atoms with Gasteiger partial charge in [-0.2, -0.15) is 0 Å². The van der Waals surface area contributed by atoms with Crippen LogP contribution in [0.1, 0.15) is 36.0 Å². The topological polar surface area (TPSA) is 92.0 Å². The minimum atomic E-state index is -0.435. The minimum Gasteiger partial charge on any atom is -0.378 e. The molecular formula is C21H31N5O3. The Bertz CT molecular complexity index is 729. The standard InChI is InChI=1S/C21H31N5O3/c22-19(27)18-4-1-7-23-20(18)24-9-5-17(6-10-24)26-8-2-3-16(15-26)21(28)25-11-13-29-14-12-25/h1,4,7,16-17H,2-3,5-6,8-15H2,(H2,22,27). The number of likely N-dealkylation sites (tertiary alicyclic amines) is 1. The Morgan fingerprint density at radius 3 is 2.55 bits per heavy atom. The zero-order chi connectivity index (χ0) is 20.2. The molecule has 3 fully saturated rings. The van der Waals surface area contributed by atoms with Crippen LogP contribution in [0, 0.1) is 5.92 Å². The summed E-state index contributed by atoms with van der Waals surface area (Å²) in [5.74, 6) is 0.667. The lowest BCUT2D eigenvalue weighted by molar-refractivity contribution is -0.141. The zero-order valence-electron chi connectivity index (χ0n) is 17.0. The number of ether oxygens (including phenoxy) is 1. The van der Waals surface area contributed by atoms with E-state index in [0.29, 0.717) is 36.5 Å². The number of amides is 2. The molecule has 2 amide bonds. The van der Waals surface area contributed by atoms with Crippen LogP contribution in [0.25, 0.3) is 0 Å². The van der Waals surface area contributed by atoms with Crippen LogP contribution in [0.15, 0.2) is 18.3 Å². The lowest BCUT2D eigenvalue weighted by Crippen LogP contribution is -2.52. The Balaban J connectivity index is 1.34. The van der Waals surface area contributed by atoms with E-state index >= 15 is 0 Å². The first-order chi connectivity index (χ1) is 14.1. The van der Waals surface area contributed by atoms with Gasteiger partial charge in [-0.25, -0.2) is 4.98 Å². The SMILES string of the molecule is NC(=O)c1cccnc1N1CCC(N2CCCC(C(=O)N3CCOCC3)C2)CC1. The molecule has 1 aromatic rings. The molecule has 4 rings (SSSR count). The number of piperidine rings is 2. The average Bonchev–Trinajstić information content (AvgIpc) is 2.79. The Labute approximate surface area is 172 Å². The predicted molar refractivity (Wildman–Crippen MR) is 110 cm³/mol. The van der Waals surface area contributed by atoms with E-state index in [9.17, 15) is 9.59 Å². The molecule has 0 radical (unpaired) electrons. The maximum absolute atomic E-state index is 12.9. The van der Waals surface area contributed by atoms with Crippen molar-refractivity contribution in [1.82, 2.24) is 14.8 Å². The van der Waals surface area contributed by atoms with Crippen LogP contribution in [0.3, 0.4) is 0 Å². The van der Waals surface area contributed by atoms with Crippen LogP contribution in [0.2, 0.25) is 0 Å². The molecule has 0 aliphatic carbocycles. The number of anilines is 1. The summed E-state index contributed by atoms with van der Waals surface area (Å²) in [5, 5.41) is 0. The van der Waals surface area contributed by atoms with Gasteiger partial charge >= 0.3 is 0 Å². The van der Waals surface area contributed by atoms with Gasteiger partial charge in [-0.15, -0.1) is 0 Å². The highest BCUT2D eigenvalue weighted by Crippen LogP contribution is 2.28. The molecule has 158 valence electrons. The maximum atomic E-state index is 12.9. The van der Waals surface area contributed by atoms with Crippen LogP contribution in [0.5, 0.6) is 0 Å². The van der Waals surface area contributed by atoms with Gasteiger partial charge in [-0.3, -0.25) is 14.5 Å². The molecule has 0 saturated carbocycles. The van der Waals surface area contributed by atoms with E-state index in [4.69, 9.17) is 10.5 Å². The summed E-state index contributed by atoms with van der Waals surface area (Å²) in [6.45, 7) is 6.37. The summed E-state index contributed by atoms with van der Waals surface area (Å²) in [6.07, 6.45) is 5.79. The molecular weight excluding hydrogens is 370 g/mol. The van der Waals surface area contributed by atoms with Crippen molar-refractivity contribution in [2.24, 2.45) is 11.7 Å². The summed E-state index contributed by atoms with van der Waals surface area (Å²) in [7, 11) is 0. The summed E-state index contributed by atoms with van der Waals surface area (Å²) >= 11 is 0. The first-order valence-electron chi connectivity index (χ1n) is 10.7. The van der Waals surface area contributed by atoms with Crippen LogP contribution >= 0.6 is 0 Å². The Kier molecular flexibility index (Phi) is 6.30. The normalized spacial score (nSPS) is 24.5. The summed E-state index contributed by atoms with van der Waals surface area (Å²) in [5.41, 5.74) is 6.00. The number of nitrogens with two attached hydrogens (primary N) is 1. The van der Waals surface area contributed by atoms with Crippen LogP contribution in [-0.2, 0) is 9.53 Å². The van der Waals surface area contributed by atoms with Crippen LogP contribution in [-0.4, -0.2) is 85.1 Å². The van der Waals surface area contributed by atoms with Crippen molar-refractivity contribution in [3.05, 3.63) is 23.9 Å². The third-order valence-corrected chi connectivity index (χ3v) is 6.46. The largest absolute Gasteiger partial charge is 0.378 e. The lowest BCUT2D eigenvalue weighted by Gasteiger charge is -2.43. The number of primary amides is 1. The van der Waals surface area contributed by atoms with Gasteiger partial charge in [0.05, 0.1) is 24.7 Å². The molecule has 3 saturated heterocycles. The van der Waals surface area contributed by atoms with Gasteiger partial charge in [0.2, 0.25) is 5.91 Å². The fraction of sp³-hybridized carbons (Fsp3) is 0.667. The van der Waals surface area contributed by atoms with Crippen molar-refractivity contribution in [3.63, 3.8) is 0 Å². The third kappa shape index (κ3) is 4.53. The van der Waals surface area contributed by atoms with E-state index in [1.54, 1.807) is 18.3 Å². The molecule has 3 aliphatic heterocycles. The molecule has 1 unspecified atom stereocenters. The van der Waals surface area contributed by atoms with Crippen molar-refractivity contribution in [2.45, 2.75) is 31.7 Å². The van der Waals surface area contributed by atoms with Gasteiger partial charge in [-0.05, 0) is 44.4 Å². The first-order valence-corrected chi connectivity index (χ1v) is 10.7. The van der Waals surface area contributed by atoms with Crippen LogP contribution in [0.4, 0.5) is 5.82 Å². The highest BCUT2D eigenvalue weighted by molar-refractivity contribution is 5.97. The molecule has 3 aliphatic rings. The highest BCUT2D eigenvalue weighted by Gasteiger charge is 2.34. The smallest absolute Gasteiger partial charge is 0.252 e. The molecule has 0 aromatic carbocycles. The van der Waals surface area contributed by atoms with Crippen molar-refractivity contribution in [1.29, 1.82) is 0 Å². The summed E-state index contributed by atoms with van der Waals surface area (Å²) in [6, 6.07) is 3.96. The molecule has 8 heteroatoms.